The summed E-state index contributed by atoms with van der Waals surface area (Å²) in [5, 5.41) is 0. The van der Waals surface area contributed by atoms with Crippen LogP contribution in [0, 0.1) is 6.58 Å². The van der Waals surface area contributed by atoms with Gasteiger partial charge >= 0.3 is 7.60 Å². The molecule has 0 atom stereocenters. The zero-order chi connectivity index (χ0) is 23.6. The van der Waals surface area contributed by atoms with Crippen molar-refractivity contribution in [2.75, 3.05) is 11.5 Å². The summed E-state index contributed by atoms with van der Waals surface area (Å²) in [7, 11) is -3.72. The number of hydrogen-bond donors (Lipinski definition) is 2. The molecule has 0 saturated heterocycles. The third-order valence-corrected chi connectivity index (χ3v) is 7.86. The first-order valence-corrected chi connectivity index (χ1v) is 12.3. The number of fused-ring (bicyclic) bond motifs is 2. The van der Waals surface area contributed by atoms with E-state index in [-0.39, 0.29) is 0 Å². The van der Waals surface area contributed by atoms with Crippen LogP contribution < -0.4 is 11.5 Å². The predicted molar refractivity (Wildman–Crippen MR) is 122 cm³/mol. The smallest absolute Gasteiger partial charge is 0.355 e. The molecule has 2 saturated carbocycles. The molecule has 0 aromatic carbocycles. The molecular formula is C20H22N10O3P. The second-order valence-corrected chi connectivity index (χ2v) is 10.6. The van der Waals surface area contributed by atoms with Gasteiger partial charge in [-0.2, -0.15) is 0 Å². The second kappa shape index (κ2) is 7.29. The average molecular weight is 481 g/mol. The van der Waals surface area contributed by atoms with Gasteiger partial charge in [0.05, 0.1) is 36.9 Å². The van der Waals surface area contributed by atoms with Crippen LogP contribution in [-0.2, 0) is 26.7 Å². The van der Waals surface area contributed by atoms with Crippen LogP contribution in [0.25, 0.3) is 22.3 Å². The minimum atomic E-state index is -3.72. The molecule has 4 aromatic heterocycles. The highest BCUT2D eigenvalue weighted by molar-refractivity contribution is 7.57. The molecule has 2 aliphatic rings. The topological polar surface area (TPSA) is 175 Å². The van der Waals surface area contributed by atoms with Crippen molar-refractivity contribution in [3.05, 3.63) is 37.7 Å². The first-order chi connectivity index (χ1) is 16.3. The van der Waals surface area contributed by atoms with Crippen molar-refractivity contribution in [2.24, 2.45) is 0 Å². The Morgan fingerprint density at radius 1 is 0.853 bits per heavy atom. The molecule has 1 radical (unpaired) electrons. The van der Waals surface area contributed by atoms with E-state index >= 15 is 0 Å². The van der Waals surface area contributed by atoms with E-state index in [2.05, 4.69) is 29.9 Å². The van der Waals surface area contributed by atoms with Crippen LogP contribution in [0.3, 0.4) is 0 Å². The van der Waals surface area contributed by atoms with E-state index in [4.69, 9.17) is 27.1 Å². The number of nitrogens with zero attached hydrogens (tertiary/aromatic N) is 8. The Morgan fingerprint density at radius 3 is 1.68 bits per heavy atom. The van der Waals surface area contributed by atoms with Gasteiger partial charge < -0.3 is 20.6 Å². The van der Waals surface area contributed by atoms with Gasteiger partial charge in [0.25, 0.3) is 0 Å². The van der Waals surface area contributed by atoms with Crippen LogP contribution in [0.15, 0.2) is 31.1 Å². The zero-order valence-corrected chi connectivity index (χ0v) is 19.0. The molecule has 0 unspecified atom stereocenters. The monoisotopic (exact) mass is 481 g/mol. The van der Waals surface area contributed by atoms with E-state index in [0.717, 1.165) is 5.82 Å². The van der Waals surface area contributed by atoms with Crippen LogP contribution in [0.1, 0.15) is 25.7 Å². The third kappa shape index (κ3) is 3.61. The van der Waals surface area contributed by atoms with Gasteiger partial charge in [-0.3, -0.25) is 13.6 Å². The lowest BCUT2D eigenvalue weighted by molar-refractivity contribution is 0.0801. The number of anilines is 2. The highest BCUT2D eigenvalue weighted by atomic mass is 31.2. The van der Waals surface area contributed by atoms with E-state index < -0.39 is 18.8 Å². The Bertz CT molecular complexity index is 1370. The highest BCUT2D eigenvalue weighted by Crippen LogP contribution is 2.64. The van der Waals surface area contributed by atoms with Crippen molar-refractivity contribution in [1.82, 2.24) is 39.0 Å². The Kier molecular flexibility index (Phi) is 4.54. The maximum atomic E-state index is 13.6. The normalized spacial score (nSPS) is 18.4. The molecule has 4 N–H and O–H groups in total. The second-order valence-electron chi connectivity index (χ2n) is 8.84. The fourth-order valence-corrected chi connectivity index (χ4v) is 5.82. The van der Waals surface area contributed by atoms with Crippen molar-refractivity contribution < 1.29 is 13.6 Å². The summed E-state index contributed by atoms with van der Waals surface area (Å²) in [6.45, 7) is 6.56. The van der Waals surface area contributed by atoms with Crippen molar-refractivity contribution in [1.29, 1.82) is 0 Å². The fourth-order valence-electron chi connectivity index (χ4n) is 4.10. The molecule has 34 heavy (non-hydrogen) atoms. The van der Waals surface area contributed by atoms with E-state index in [1.54, 1.807) is 12.7 Å². The first kappa shape index (κ1) is 21.1. The molecule has 0 spiro atoms. The van der Waals surface area contributed by atoms with Gasteiger partial charge in [0.15, 0.2) is 22.9 Å². The molecule has 6 rings (SSSR count). The summed E-state index contributed by atoms with van der Waals surface area (Å²) in [6, 6.07) is 0. The van der Waals surface area contributed by atoms with E-state index in [1.807, 2.05) is 9.13 Å². The number of hydrogen-bond acceptors (Lipinski definition) is 11. The zero-order valence-electron chi connectivity index (χ0n) is 18.1. The SMILES string of the molecule is [CH]=CP(=O)(OC1(Cn2cnc3c(N)ncnc32)CC1)OC1(Cn2cnc3c(N)ncnc32)CC1. The molecule has 13 nitrogen and oxygen atoms in total. The van der Waals surface area contributed by atoms with Gasteiger partial charge in [0.1, 0.15) is 23.7 Å². The van der Waals surface area contributed by atoms with E-state index in [0.29, 0.717) is 72.7 Å². The number of nitrogen functional groups attached to an aromatic ring is 2. The predicted octanol–water partition coefficient (Wildman–Crippen LogP) is 2.07. The molecule has 14 heteroatoms. The summed E-state index contributed by atoms with van der Waals surface area (Å²) in [5.74, 6) is 1.63. The molecule has 0 aliphatic heterocycles. The summed E-state index contributed by atoms with van der Waals surface area (Å²) in [5.41, 5.74) is 12.6. The molecule has 4 aromatic rings. The van der Waals surface area contributed by atoms with Crippen LogP contribution in [0.5, 0.6) is 0 Å². The van der Waals surface area contributed by atoms with Gasteiger partial charge in [-0.15, -0.1) is 0 Å². The van der Waals surface area contributed by atoms with Gasteiger partial charge in [-0.1, -0.05) is 6.58 Å². The minimum Gasteiger partial charge on any atom is -0.382 e. The Morgan fingerprint density at radius 2 is 1.29 bits per heavy atom. The summed E-state index contributed by atoms with van der Waals surface area (Å²) in [4.78, 5) is 25.0. The molecule has 2 aliphatic carbocycles. The lowest BCUT2D eigenvalue weighted by atomic mass is 10.3. The lowest BCUT2D eigenvalue weighted by Crippen LogP contribution is -2.25. The molecular weight excluding hydrogens is 459 g/mol. The third-order valence-electron chi connectivity index (χ3n) is 6.22. The maximum absolute atomic E-state index is 13.6. The van der Waals surface area contributed by atoms with Gasteiger partial charge in [-0.05, 0) is 25.7 Å². The number of nitrogens with two attached hydrogens (primary N) is 2. The Balaban J connectivity index is 1.21. The van der Waals surface area contributed by atoms with Gasteiger partial charge in [0, 0.05) is 5.82 Å². The molecule has 4 heterocycles. The maximum Gasteiger partial charge on any atom is 0.355 e. The van der Waals surface area contributed by atoms with Crippen LogP contribution in [0.4, 0.5) is 11.6 Å². The highest BCUT2D eigenvalue weighted by Gasteiger charge is 2.54. The first-order valence-electron chi connectivity index (χ1n) is 10.7. The van der Waals surface area contributed by atoms with E-state index in [1.165, 1.54) is 12.7 Å². The van der Waals surface area contributed by atoms with Gasteiger partial charge in [0.2, 0.25) is 0 Å². The van der Waals surface area contributed by atoms with Gasteiger partial charge in [-0.25, -0.2) is 29.9 Å². The minimum absolute atomic E-state index is 0.300. The Hall–Kier alpha value is -3.41. The van der Waals surface area contributed by atoms with Crippen LogP contribution in [0.2, 0.25) is 0 Å². The number of imidazole rings is 2. The van der Waals surface area contributed by atoms with Crippen molar-refractivity contribution in [3.8, 4) is 0 Å². The van der Waals surface area contributed by atoms with Crippen molar-refractivity contribution in [2.45, 2.75) is 50.0 Å². The van der Waals surface area contributed by atoms with E-state index in [9.17, 15) is 4.57 Å². The molecule has 175 valence electrons. The van der Waals surface area contributed by atoms with Crippen LogP contribution >= 0.6 is 7.60 Å². The summed E-state index contributed by atoms with van der Waals surface area (Å²) >= 11 is 0. The Labute approximate surface area is 193 Å². The standard InChI is InChI=1S/C20H22N10O3P/c1-2-34(31,32-19(3-4-19)7-29-11-27-13-15(21)23-9-25-17(13)29)33-20(5-6-20)8-30-12-28-14-16(22)24-10-26-18(14)30/h1-2,9-12H,3-8H2,(H2,21,23,25)(H2,22,24,26). The van der Waals surface area contributed by atoms with Crippen molar-refractivity contribution in [3.63, 3.8) is 0 Å². The van der Waals surface area contributed by atoms with Crippen LogP contribution in [-0.4, -0.2) is 50.2 Å². The summed E-state index contributed by atoms with van der Waals surface area (Å²) in [6.07, 6.45) is 8.80. The fraction of sp³-hybridized carbons (Fsp3) is 0.400. The molecule has 0 amide bonds. The quantitative estimate of drug-likeness (QED) is 0.335. The summed E-state index contributed by atoms with van der Waals surface area (Å²) < 4.78 is 29.4. The number of aromatic nitrogens is 8. The van der Waals surface area contributed by atoms with Crippen molar-refractivity contribution >= 4 is 41.6 Å². The molecule has 0 bridgehead atoms. The molecule has 2 fully saturated rings. The average Bonchev–Trinajstić information content (AvgIpc) is 3.65. The largest absolute Gasteiger partial charge is 0.382 e. The lowest BCUT2D eigenvalue weighted by Gasteiger charge is -2.27. The number of rotatable bonds is 9.